The van der Waals surface area contributed by atoms with Gasteiger partial charge in [0.25, 0.3) is 0 Å². The zero-order chi connectivity index (χ0) is 29.8. The molecule has 2 atom stereocenters. The van der Waals surface area contributed by atoms with Crippen LogP contribution >= 0.6 is 0 Å². The highest BCUT2D eigenvalue weighted by Gasteiger charge is 2.37. The topological polar surface area (TPSA) is 151 Å². The van der Waals surface area contributed by atoms with Crippen LogP contribution in [0.3, 0.4) is 0 Å². The highest BCUT2D eigenvalue weighted by molar-refractivity contribution is 5.92. The van der Waals surface area contributed by atoms with E-state index >= 15 is 0 Å². The molecular formula is C29H48N4O6. The van der Waals surface area contributed by atoms with E-state index in [0.29, 0.717) is 12.0 Å². The van der Waals surface area contributed by atoms with Gasteiger partial charge in [-0.2, -0.15) is 0 Å². The smallest absolute Gasteiger partial charge is 0.408 e. The number of carbonyl (C=O) groups is 4. The first-order chi connectivity index (χ1) is 18.0. The number of primary amides is 1. The minimum atomic E-state index is -1.15. The number of unbranched alkanes of at least 4 members (excludes halogenated alkanes) is 4. The van der Waals surface area contributed by atoms with Crippen molar-refractivity contribution < 1.29 is 29.0 Å². The molecule has 220 valence electrons. The number of benzene rings is 1. The molecule has 0 radical (unpaired) electrons. The Kier molecular flexibility index (Phi) is 13.3. The highest BCUT2D eigenvalue weighted by atomic mass is 16.6. The number of hydrogen-bond acceptors (Lipinski definition) is 6. The Bertz CT molecular complexity index is 950. The third kappa shape index (κ3) is 13.4. The van der Waals surface area contributed by atoms with Crippen molar-refractivity contribution in [3.63, 3.8) is 0 Å². The molecule has 0 aliphatic heterocycles. The lowest BCUT2D eigenvalue weighted by Crippen LogP contribution is -2.55. The standard InChI is InChI=1S/C29H48N4O6/c1-8-9-10-11-12-19-33(24(25(36)32-28(2,3)4)20-13-15-21(34)16-14-20)26(37)22(17-18-23(30)35)31-27(38)39-29(5,6)7/h13-16,22,24,34H,8-12,17-19H2,1-7H3,(H2,30,35)(H,31,38)(H,32,36). The molecule has 0 aromatic heterocycles. The van der Waals surface area contributed by atoms with Gasteiger partial charge < -0.3 is 31.1 Å². The third-order valence-electron chi connectivity index (χ3n) is 5.72. The van der Waals surface area contributed by atoms with Gasteiger partial charge in [0, 0.05) is 18.5 Å². The number of phenolic OH excluding ortho intramolecular Hbond substituents is 1. The molecule has 2 unspecified atom stereocenters. The average molecular weight is 549 g/mol. The summed E-state index contributed by atoms with van der Waals surface area (Å²) in [5.74, 6) is -1.52. The van der Waals surface area contributed by atoms with Crippen molar-refractivity contribution in [3.05, 3.63) is 29.8 Å². The first kappa shape index (κ1) is 33.7. The Labute approximate surface area is 233 Å². The Morgan fingerprint density at radius 3 is 2.08 bits per heavy atom. The molecule has 0 saturated heterocycles. The van der Waals surface area contributed by atoms with Crippen molar-refractivity contribution in [3.8, 4) is 5.75 Å². The summed E-state index contributed by atoms with van der Waals surface area (Å²) in [6.45, 7) is 13.0. The van der Waals surface area contributed by atoms with Gasteiger partial charge in [0.1, 0.15) is 23.4 Å². The predicted molar refractivity (Wildman–Crippen MR) is 151 cm³/mol. The van der Waals surface area contributed by atoms with Crippen LogP contribution in [0.25, 0.3) is 0 Å². The zero-order valence-corrected chi connectivity index (χ0v) is 24.6. The van der Waals surface area contributed by atoms with Crippen LogP contribution in [0, 0.1) is 0 Å². The molecule has 0 bridgehead atoms. The Balaban J connectivity index is 3.50. The lowest BCUT2D eigenvalue weighted by atomic mass is 9.99. The zero-order valence-electron chi connectivity index (χ0n) is 24.6. The van der Waals surface area contributed by atoms with Crippen LogP contribution in [0.5, 0.6) is 5.75 Å². The van der Waals surface area contributed by atoms with Crippen LogP contribution in [-0.4, -0.2) is 57.5 Å². The minimum Gasteiger partial charge on any atom is -0.508 e. The molecule has 1 rings (SSSR count). The van der Waals surface area contributed by atoms with Crippen molar-refractivity contribution in [2.24, 2.45) is 5.73 Å². The number of alkyl carbamates (subject to hydrolysis) is 1. The molecule has 5 N–H and O–H groups in total. The summed E-state index contributed by atoms with van der Waals surface area (Å²) in [5.41, 5.74) is 4.48. The maximum atomic E-state index is 14.1. The van der Waals surface area contributed by atoms with E-state index in [0.717, 1.165) is 25.7 Å². The maximum absolute atomic E-state index is 14.1. The van der Waals surface area contributed by atoms with Crippen molar-refractivity contribution >= 4 is 23.8 Å². The van der Waals surface area contributed by atoms with E-state index in [4.69, 9.17) is 10.5 Å². The molecule has 0 heterocycles. The average Bonchev–Trinajstić information content (AvgIpc) is 2.79. The lowest BCUT2D eigenvalue weighted by molar-refractivity contribution is -0.143. The molecule has 0 fully saturated rings. The van der Waals surface area contributed by atoms with Crippen molar-refractivity contribution in [1.29, 1.82) is 0 Å². The lowest BCUT2D eigenvalue weighted by Gasteiger charge is -2.36. The number of carbonyl (C=O) groups excluding carboxylic acids is 4. The van der Waals surface area contributed by atoms with E-state index in [1.165, 1.54) is 17.0 Å². The first-order valence-corrected chi connectivity index (χ1v) is 13.7. The summed E-state index contributed by atoms with van der Waals surface area (Å²) >= 11 is 0. The van der Waals surface area contributed by atoms with E-state index in [2.05, 4.69) is 17.6 Å². The molecular weight excluding hydrogens is 500 g/mol. The summed E-state index contributed by atoms with van der Waals surface area (Å²) < 4.78 is 5.36. The Hall–Kier alpha value is -3.30. The molecule has 0 saturated carbocycles. The van der Waals surface area contributed by atoms with Crippen LogP contribution in [0.1, 0.15) is 105 Å². The monoisotopic (exact) mass is 548 g/mol. The fourth-order valence-corrected chi connectivity index (χ4v) is 4.01. The molecule has 4 amide bonds. The van der Waals surface area contributed by atoms with Gasteiger partial charge in [-0.3, -0.25) is 14.4 Å². The number of nitrogens with one attached hydrogen (secondary N) is 2. The largest absolute Gasteiger partial charge is 0.508 e. The fourth-order valence-electron chi connectivity index (χ4n) is 4.01. The third-order valence-corrected chi connectivity index (χ3v) is 5.72. The molecule has 1 aromatic rings. The first-order valence-electron chi connectivity index (χ1n) is 13.7. The van der Waals surface area contributed by atoms with Crippen molar-refractivity contribution in [2.75, 3.05) is 6.54 Å². The number of ether oxygens (including phenoxy) is 1. The maximum Gasteiger partial charge on any atom is 0.408 e. The summed E-state index contributed by atoms with van der Waals surface area (Å²) in [6, 6.07) is 3.92. The number of nitrogens with two attached hydrogens (primary N) is 1. The van der Waals surface area contributed by atoms with Gasteiger partial charge in [0.15, 0.2) is 0 Å². The van der Waals surface area contributed by atoms with Gasteiger partial charge in [-0.05, 0) is 72.1 Å². The number of nitrogens with zero attached hydrogens (tertiary/aromatic N) is 1. The van der Waals surface area contributed by atoms with Crippen molar-refractivity contribution in [2.45, 2.75) is 117 Å². The SMILES string of the molecule is CCCCCCCN(C(=O)C(CCC(N)=O)NC(=O)OC(C)(C)C)C(C(=O)NC(C)(C)C)c1ccc(O)cc1. The summed E-state index contributed by atoms with van der Waals surface area (Å²) in [4.78, 5) is 53.5. The second-order valence-electron chi connectivity index (χ2n) is 11.9. The van der Waals surface area contributed by atoms with Crippen LogP contribution < -0.4 is 16.4 Å². The van der Waals surface area contributed by atoms with Gasteiger partial charge in [0.2, 0.25) is 17.7 Å². The molecule has 0 aliphatic carbocycles. The second kappa shape index (κ2) is 15.3. The number of hydrogen-bond donors (Lipinski definition) is 4. The van der Waals surface area contributed by atoms with Gasteiger partial charge in [-0.25, -0.2) is 4.79 Å². The molecule has 39 heavy (non-hydrogen) atoms. The number of amides is 4. The molecule has 0 spiro atoms. The summed E-state index contributed by atoms with van der Waals surface area (Å²) in [6.07, 6.45) is 3.58. The fraction of sp³-hybridized carbons (Fsp3) is 0.655. The van der Waals surface area contributed by atoms with E-state index < -0.39 is 47.0 Å². The minimum absolute atomic E-state index is 0.0251. The summed E-state index contributed by atoms with van der Waals surface area (Å²) in [5, 5.41) is 15.4. The van der Waals surface area contributed by atoms with E-state index in [1.807, 2.05) is 20.8 Å². The van der Waals surface area contributed by atoms with E-state index in [9.17, 15) is 24.3 Å². The van der Waals surface area contributed by atoms with Crippen LogP contribution in [0.15, 0.2) is 24.3 Å². The van der Waals surface area contributed by atoms with E-state index in [1.54, 1.807) is 32.9 Å². The Morgan fingerprint density at radius 1 is 0.974 bits per heavy atom. The molecule has 1 aromatic carbocycles. The summed E-state index contributed by atoms with van der Waals surface area (Å²) in [7, 11) is 0. The van der Waals surface area contributed by atoms with Gasteiger partial charge >= 0.3 is 6.09 Å². The van der Waals surface area contributed by atoms with E-state index in [-0.39, 0.29) is 25.1 Å². The van der Waals surface area contributed by atoms with Crippen LogP contribution in [0.4, 0.5) is 4.79 Å². The van der Waals surface area contributed by atoms with Crippen LogP contribution in [-0.2, 0) is 19.1 Å². The molecule has 0 aliphatic rings. The van der Waals surface area contributed by atoms with Gasteiger partial charge in [-0.1, -0.05) is 44.7 Å². The van der Waals surface area contributed by atoms with Gasteiger partial charge in [0.05, 0.1) is 0 Å². The van der Waals surface area contributed by atoms with Crippen LogP contribution in [0.2, 0.25) is 0 Å². The molecule has 10 heteroatoms. The second-order valence-corrected chi connectivity index (χ2v) is 11.9. The predicted octanol–water partition coefficient (Wildman–Crippen LogP) is 4.31. The normalized spacial score (nSPS) is 13.2. The number of phenols is 1. The quantitative estimate of drug-likeness (QED) is 0.254. The Morgan fingerprint density at radius 2 is 1.56 bits per heavy atom. The number of aromatic hydroxyl groups is 1. The molecule has 10 nitrogen and oxygen atoms in total. The van der Waals surface area contributed by atoms with Crippen molar-refractivity contribution in [1.82, 2.24) is 15.5 Å². The number of rotatable bonds is 14. The highest BCUT2D eigenvalue weighted by Crippen LogP contribution is 2.27. The van der Waals surface area contributed by atoms with Gasteiger partial charge in [-0.15, -0.1) is 0 Å².